The average Bonchev–Trinajstić information content (AvgIpc) is 2.78. The summed E-state index contributed by atoms with van der Waals surface area (Å²) in [6.07, 6.45) is 7.02. The fourth-order valence-corrected chi connectivity index (χ4v) is 3.12. The molecule has 3 aromatic rings. The van der Waals surface area contributed by atoms with Gasteiger partial charge in [0.05, 0.1) is 0 Å². The van der Waals surface area contributed by atoms with E-state index < -0.39 is 0 Å². The number of hydrogen-bond acceptors (Lipinski definition) is 2. The Morgan fingerprint density at radius 3 is 2.78 bits per heavy atom. The average molecular weight is 255 g/mol. The zero-order chi connectivity index (χ0) is 12.1. The number of aromatic amines is 1. The Balaban J connectivity index is 2.15. The Morgan fingerprint density at radius 2 is 1.94 bits per heavy atom. The summed E-state index contributed by atoms with van der Waals surface area (Å²) in [5.74, 6) is 0. The van der Waals surface area contributed by atoms with E-state index in [1.54, 1.807) is 0 Å². The molecule has 0 saturated carbocycles. The molecular weight excluding hydrogens is 242 g/mol. The van der Waals surface area contributed by atoms with E-state index in [0.29, 0.717) is 4.77 Å². The van der Waals surface area contributed by atoms with Gasteiger partial charge in [0, 0.05) is 11.6 Å². The summed E-state index contributed by atoms with van der Waals surface area (Å²) < 4.78 is 2.59. The third-order valence-corrected chi connectivity index (χ3v) is 4.15. The van der Waals surface area contributed by atoms with Crippen molar-refractivity contribution in [2.75, 3.05) is 0 Å². The quantitative estimate of drug-likeness (QED) is 0.624. The molecule has 0 saturated heterocycles. The van der Waals surface area contributed by atoms with Crippen molar-refractivity contribution in [3.63, 3.8) is 0 Å². The summed E-state index contributed by atoms with van der Waals surface area (Å²) in [4.78, 5) is 0. The molecule has 0 atom stereocenters. The Kier molecular flexibility index (Phi) is 2.08. The molecule has 18 heavy (non-hydrogen) atoms. The number of H-pyrrole nitrogens is 1. The van der Waals surface area contributed by atoms with Crippen molar-refractivity contribution in [2.45, 2.75) is 25.7 Å². The first kappa shape index (κ1) is 10.3. The predicted octanol–water partition coefficient (Wildman–Crippen LogP) is 3.42. The molecule has 0 radical (unpaired) electrons. The monoisotopic (exact) mass is 255 g/mol. The summed E-state index contributed by atoms with van der Waals surface area (Å²) in [5, 5.41) is 9.67. The third-order valence-electron chi connectivity index (χ3n) is 3.86. The van der Waals surface area contributed by atoms with Crippen LogP contribution in [0.2, 0.25) is 0 Å². The number of pyridine rings is 1. The van der Waals surface area contributed by atoms with Crippen molar-refractivity contribution in [1.29, 1.82) is 0 Å². The van der Waals surface area contributed by atoms with Crippen LogP contribution >= 0.6 is 12.2 Å². The van der Waals surface area contributed by atoms with Crippen LogP contribution in [0.3, 0.4) is 0 Å². The number of aryl methyl sites for hydroxylation is 2. The Bertz CT molecular complexity index is 813. The van der Waals surface area contributed by atoms with Crippen molar-refractivity contribution in [3.8, 4) is 0 Å². The van der Waals surface area contributed by atoms with Crippen LogP contribution in [-0.4, -0.2) is 14.6 Å². The number of nitrogens with one attached hydrogen (secondary N) is 1. The van der Waals surface area contributed by atoms with Gasteiger partial charge in [-0.25, -0.2) is 0 Å². The molecule has 2 aromatic heterocycles. The van der Waals surface area contributed by atoms with Crippen LogP contribution in [0.1, 0.15) is 24.0 Å². The molecule has 0 unspecified atom stereocenters. The SMILES string of the molecule is S=c1[nH]nc2c3cc4c(cc3ccn12)CCCC4. The highest BCUT2D eigenvalue weighted by Crippen LogP contribution is 2.28. The van der Waals surface area contributed by atoms with Crippen LogP contribution in [0.4, 0.5) is 0 Å². The van der Waals surface area contributed by atoms with E-state index in [0.717, 1.165) is 5.65 Å². The lowest BCUT2D eigenvalue weighted by molar-refractivity contribution is 0.687. The molecule has 3 nitrogen and oxygen atoms in total. The molecule has 2 heterocycles. The standard InChI is InChI=1S/C14H13N3S/c18-14-16-15-13-12-8-10-4-2-1-3-9(10)7-11(12)5-6-17(13)14/h5-8H,1-4H2,(H,16,18). The second-order valence-corrected chi connectivity index (χ2v) is 5.34. The largest absolute Gasteiger partial charge is 0.275 e. The van der Waals surface area contributed by atoms with Crippen LogP contribution in [0, 0.1) is 4.77 Å². The van der Waals surface area contributed by atoms with Crippen LogP contribution < -0.4 is 0 Å². The normalized spacial score (nSPS) is 15.1. The minimum absolute atomic E-state index is 0.657. The van der Waals surface area contributed by atoms with Gasteiger partial charge in [-0.3, -0.25) is 9.50 Å². The van der Waals surface area contributed by atoms with Gasteiger partial charge in [-0.05, 0) is 66.5 Å². The van der Waals surface area contributed by atoms with Gasteiger partial charge in [-0.2, -0.15) is 5.10 Å². The molecule has 90 valence electrons. The predicted molar refractivity (Wildman–Crippen MR) is 74.5 cm³/mol. The third kappa shape index (κ3) is 1.35. The molecule has 0 bridgehead atoms. The van der Waals surface area contributed by atoms with E-state index in [9.17, 15) is 0 Å². The van der Waals surface area contributed by atoms with Crippen molar-refractivity contribution in [1.82, 2.24) is 14.6 Å². The first-order valence-electron chi connectivity index (χ1n) is 6.34. The number of fused-ring (bicyclic) bond motifs is 4. The molecule has 1 aliphatic rings. The second kappa shape index (κ2) is 3.65. The highest BCUT2D eigenvalue weighted by Gasteiger charge is 2.12. The van der Waals surface area contributed by atoms with Gasteiger partial charge in [0.1, 0.15) is 0 Å². The first-order chi connectivity index (χ1) is 8.83. The fourth-order valence-electron chi connectivity index (χ4n) is 2.92. The number of hydrogen-bond donors (Lipinski definition) is 1. The summed E-state index contributed by atoms with van der Waals surface area (Å²) >= 11 is 5.22. The lowest BCUT2D eigenvalue weighted by atomic mass is 9.90. The minimum atomic E-state index is 0.657. The number of rotatable bonds is 0. The van der Waals surface area contributed by atoms with Gasteiger partial charge in [-0.1, -0.05) is 6.07 Å². The van der Waals surface area contributed by atoms with Crippen LogP contribution in [0.25, 0.3) is 16.4 Å². The van der Waals surface area contributed by atoms with Crippen molar-refractivity contribution in [2.24, 2.45) is 0 Å². The highest BCUT2D eigenvalue weighted by atomic mass is 32.1. The maximum absolute atomic E-state index is 5.22. The first-order valence-corrected chi connectivity index (χ1v) is 6.75. The number of benzene rings is 1. The maximum Gasteiger partial charge on any atom is 0.199 e. The molecule has 4 rings (SSSR count). The second-order valence-electron chi connectivity index (χ2n) is 4.95. The van der Waals surface area contributed by atoms with Gasteiger partial charge in [0.15, 0.2) is 10.4 Å². The summed E-state index contributed by atoms with van der Waals surface area (Å²) in [6, 6.07) is 6.75. The molecule has 4 heteroatoms. The summed E-state index contributed by atoms with van der Waals surface area (Å²) in [7, 11) is 0. The van der Waals surface area contributed by atoms with Crippen molar-refractivity contribution >= 4 is 28.6 Å². The molecule has 1 aromatic carbocycles. The van der Waals surface area contributed by atoms with Gasteiger partial charge in [0.2, 0.25) is 0 Å². The topological polar surface area (TPSA) is 33.1 Å². The fraction of sp³-hybridized carbons (Fsp3) is 0.286. The minimum Gasteiger partial charge on any atom is -0.275 e. The maximum atomic E-state index is 5.22. The Labute approximate surface area is 109 Å². The van der Waals surface area contributed by atoms with E-state index in [2.05, 4.69) is 28.4 Å². The molecule has 0 aliphatic heterocycles. The lowest BCUT2D eigenvalue weighted by Gasteiger charge is -2.16. The van der Waals surface area contributed by atoms with E-state index in [1.807, 2.05) is 10.6 Å². The number of nitrogens with zero attached hydrogens (tertiary/aromatic N) is 2. The van der Waals surface area contributed by atoms with E-state index in [1.165, 1.54) is 47.6 Å². The van der Waals surface area contributed by atoms with Crippen LogP contribution in [-0.2, 0) is 12.8 Å². The summed E-state index contributed by atoms with van der Waals surface area (Å²) in [5.41, 5.74) is 3.92. The molecule has 0 amide bonds. The van der Waals surface area contributed by atoms with Crippen LogP contribution in [0.15, 0.2) is 24.4 Å². The highest BCUT2D eigenvalue weighted by molar-refractivity contribution is 7.71. The van der Waals surface area contributed by atoms with Gasteiger partial charge in [-0.15, -0.1) is 0 Å². The van der Waals surface area contributed by atoms with Gasteiger partial charge in [0.25, 0.3) is 0 Å². The molecule has 0 fully saturated rings. The van der Waals surface area contributed by atoms with E-state index >= 15 is 0 Å². The van der Waals surface area contributed by atoms with Gasteiger partial charge >= 0.3 is 0 Å². The molecule has 1 N–H and O–H groups in total. The van der Waals surface area contributed by atoms with Gasteiger partial charge < -0.3 is 0 Å². The van der Waals surface area contributed by atoms with Crippen molar-refractivity contribution in [3.05, 3.63) is 40.3 Å². The van der Waals surface area contributed by atoms with Crippen LogP contribution in [0.5, 0.6) is 0 Å². The van der Waals surface area contributed by atoms with E-state index in [-0.39, 0.29) is 0 Å². The molecule has 0 spiro atoms. The molecule has 1 aliphatic carbocycles. The lowest BCUT2D eigenvalue weighted by Crippen LogP contribution is -2.02. The Morgan fingerprint density at radius 1 is 1.17 bits per heavy atom. The Hall–Kier alpha value is -1.68. The smallest absolute Gasteiger partial charge is 0.199 e. The zero-order valence-corrected chi connectivity index (χ0v) is 10.8. The van der Waals surface area contributed by atoms with Crippen molar-refractivity contribution < 1.29 is 0 Å². The number of aromatic nitrogens is 3. The molecular formula is C14H13N3S. The summed E-state index contributed by atoms with van der Waals surface area (Å²) in [6.45, 7) is 0. The zero-order valence-electron chi connectivity index (χ0n) is 9.94. The van der Waals surface area contributed by atoms with E-state index in [4.69, 9.17) is 12.2 Å².